The molecule has 0 aromatic heterocycles. The van der Waals surface area contributed by atoms with Gasteiger partial charge in [0.25, 0.3) is 0 Å². The summed E-state index contributed by atoms with van der Waals surface area (Å²) in [6, 6.07) is 6.78. The summed E-state index contributed by atoms with van der Waals surface area (Å²) in [7, 11) is -3.30. The monoisotopic (exact) mass is 313 g/mol. The van der Waals surface area contributed by atoms with Crippen LogP contribution in [-0.4, -0.2) is 40.6 Å². The third kappa shape index (κ3) is 5.07. The topological polar surface area (TPSA) is 78.6 Å². The summed E-state index contributed by atoms with van der Waals surface area (Å²) >= 11 is 0. The van der Waals surface area contributed by atoms with E-state index in [2.05, 4.69) is 0 Å². The molecule has 0 aliphatic carbocycles. The molecular weight excluding hydrogens is 290 g/mol. The molecule has 0 spiro atoms. The Kier molecular flexibility index (Phi) is 6.17. The lowest BCUT2D eigenvalue weighted by Gasteiger charge is -2.21. The van der Waals surface area contributed by atoms with Crippen LogP contribution in [0.1, 0.15) is 18.4 Å². The van der Waals surface area contributed by atoms with E-state index in [0.29, 0.717) is 24.0 Å². The predicted molar refractivity (Wildman–Crippen MR) is 80.7 cm³/mol. The zero-order valence-electron chi connectivity index (χ0n) is 12.2. The average Bonchev–Trinajstić information content (AvgIpc) is 2.53. The maximum absolute atomic E-state index is 12.2. The van der Waals surface area contributed by atoms with E-state index in [1.807, 2.05) is 6.07 Å². The number of rotatable bonds is 7. The summed E-state index contributed by atoms with van der Waals surface area (Å²) in [5.41, 5.74) is 6.36. The first kappa shape index (κ1) is 16.4. The van der Waals surface area contributed by atoms with Crippen LogP contribution in [-0.2, 0) is 25.9 Å². The van der Waals surface area contributed by atoms with E-state index in [4.69, 9.17) is 15.2 Å². The summed E-state index contributed by atoms with van der Waals surface area (Å²) in [6.07, 6.45) is 1.98. The summed E-state index contributed by atoms with van der Waals surface area (Å²) in [5.74, 6) is 0.492. The highest BCUT2D eigenvalue weighted by Crippen LogP contribution is 2.16. The molecule has 1 aromatic rings. The normalized spacial score (nSPS) is 17.0. The highest BCUT2D eigenvalue weighted by Gasteiger charge is 2.17. The van der Waals surface area contributed by atoms with Crippen molar-refractivity contribution in [1.29, 1.82) is 0 Å². The lowest BCUT2D eigenvalue weighted by Crippen LogP contribution is -2.22. The van der Waals surface area contributed by atoms with Crippen molar-refractivity contribution in [1.82, 2.24) is 0 Å². The van der Waals surface area contributed by atoms with Gasteiger partial charge in [0.15, 0.2) is 9.84 Å². The third-order valence-corrected chi connectivity index (χ3v) is 5.36. The minimum Gasteiger partial charge on any atom is -0.381 e. The molecule has 0 radical (unpaired) electrons. The number of ether oxygens (including phenoxy) is 2. The molecule has 1 saturated heterocycles. The van der Waals surface area contributed by atoms with Crippen molar-refractivity contribution < 1.29 is 17.9 Å². The fourth-order valence-corrected chi connectivity index (χ4v) is 3.51. The van der Waals surface area contributed by atoms with E-state index in [1.165, 1.54) is 0 Å². The molecule has 21 heavy (non-hydrogen) atoms. The van der Waals surface area contributed by atoms with Crippen molar-refractivity contribution in [3.8, 4) is 0 Å². The van der Waals surface area contributed by atoms with Crippen molar-refractivity contribution in [2.24, 2.45) is 11.7 Å². The molecular formula is C15H23NO4S. The number of hydrogen-bond acceptors (Lipinski definition) is 5. The van der Waals surface area contributed by atoms with E-state index in [9.17, 15) is 8.42 Å². The van der Waals surface area contributed by atoms with Crippen LogP contribution in [0.5, 0.6) is 0 Å². The molecule has 2 rings (SSSR count). The quantitative estimate of drug-likeness (QED) is 0.769. The average molecular weight is 313 g/mol. The Bertz CT molecular complexity index is 538. The highest BCUT2D eigenvalue weighted by atomic mass is 32.2. The zero-order valence-corrected chi connectivity index (χ0v) is 13.0. The van der Waals surface area contributed by atoms with Crippen LogP contribution in [0.15, 0.2) is 29.2 Å². The molecule has 0 bridgehead atoms. The molecule has 1 aliphatic rings. The second-order valence-electron chi connectivity index (χ2n) is 5.30. The lowest BCUT2D eigenvalue weighted by atomic mass is 10.0. The summed E-state index contributed by atoms with van der Waals surface area (Å²) in [5, 5.41) is 0. The second kappa shape index (κ2) is 7.89. The van der Waals surface area contributed by atoms with Gasteiger partial charge in [0, 0.05) is 26.4 Å². The standard InChI is InChI=1S/C15H23NO4S/c16-11-14-2-1-3-15(10-14)21(17,18)9-8-20-12-13-4-6-19-7-5-13/h1-3,10,13H,4-9,11-12,16H2. The van der Waals surface area contributed by atoms with Gasteiger partial charge in [0.05, 0.1) is 17.3 Å². The predicted octanol–water partition coefficient (Wildman–Crippen LogP) is 1.36. The second-order valence-corrected chi connectivity index (χ2v) is 7.41. The van der Waals surface area contributed by atoms with Gasteiger partial charge in [-0.05, 0) is 36.5 Å². The molecule has 0 saturated carbocycles. The molecule has 5 nitrogen and oxygen atoms in total. The molecule has 1 heterocycles. The van der Waals surface area contributed by atoms with Crippen molar-refractivity contribution in [3.05, 3.63) is 29.8 Å². The van der Waals surface area contributed by atoms with Gasteiger partial charge in [0.1, 0.15) is 0 Å². The highest BCUT2D eigenvalue weighted by molar-refractivity contribution is 7.91. The Morgan fingerprint density at radius 2 is 2.05 bits per heavy atom. The Morgan fingerprint density at radius 3 is 2.76 bits per heavy atom. The van der Waals surface area contributed by atoms with Gasteiger partial charge >= 0.3 is 0 Å². The van der Waals surface area contributed by atoms with Crippen molar-refractivity contribution in [2.45, 2.75) is 24.3 Å². The Hall–Kier alpha value is -0.950. The fraction of sp³-hybridized carbons (Fsp3) is 0.600. The molecule has 1 aromatic carbocycles. The molecule has 0 atom stereocenters. The number of nitrogens with two attached hydrogens (primary N) is 1. The first-order valence-corrected chi connectivity index (χ1v) is 8.94. The van der Waals surface area contributed by atoms with Crippen LogP contribution >= 0.6 is 0 Å². The number of hydrogen-bond donors (Lipinski definition) is 1. The molecule has 1 aliphatic heterocycles. The van der Waals surface area contributed by atoms with Crippen LogP contribution in [0.4, 0.5) is 0 Å². The first-order chi connectivity index (χ1) is 10.1. The summed E-state index contributed by atoms with van der Waals surface area (Å²) in [4.78, 5) is 0.320. The van der Waals surface area contributed by atoms with E-state index < -0.39 is 9.84 Å². The maximum atomic E-state index is 12.2. The van der Waals surface area contributed by atoms with Crippen molar-refractivity contribution >= 4 is 9.84 Å². The van der Waals surface area contributed by atoms with E-state index >= 15 is 0 Å². The third-order valence-electron chi connectivity index (χ3n) is 3.68. The van der Waals surface area contributed by atoms with Crippen LogP contribution in [0.25, 0.3) is 0 Å². The Labute approximate surface area is 126 Å². The first-order valence-electron chi connectivity index (χ1n) is 7.29. The Balaban J connectivity index is 1.80. The largest absolute Gasteiger partial charge is 0.381 e. The van der Waals surface area contributed by atoms with Gasteiger partial charge in [0.2, 0.25) is 0 Å². The van der Waals surface area contributed by atoms with Crippen molar-refractivity contribution in [2.75, 3.05) is 32.2 Å². The fourth-order valence-electron chi connectivity index (χ4n) is 2.32. The van der Waals surface area contributed by atoms with E-state index in [0.717, 1.165) is 31.6 Å². The maximum Gasteiger partial charge on any atom is 0.180 e. The zero-order chi connectivity index (χ0) is 15.1. The van der Waals surface area contributed by atoms with Crippen LogP contribution in [0.3, 0.4) is 0 Å². The van der Waals surface area contributed by atoms with Crippen LogP contribution < -0.4 is 5.73 Å². The number of sulfone groups is 1. The van der Waals surface area contributed by atoms with Gasteiger partial charge in [-0.1, -0.05) is 12.1 Å². The van der Waals surface area contributed by atoms with Gasteiger partial charge in [-0.15, -0.1) is 0 Å². The minimum absolute atomic E-state index is 0.00421. The molecule has 118 valence electrons. The summed E-state index contributed by atoms with van der Waals surface area (Å²) < 4.78 is 35.2. The van der Waals surface area contributed by atoms with E-state index in [-0.39, 0.29) is 12.4 Å². The van der Waals surface area contributed by atoms with Gasteiger partial charge in [-0.2, -0.15) is 0 Å². The SMILES string of the molecule is NCc1cccc(S(=O)(=O)CCOCC2CCOCC2)c1. The molecule has 0 unspecified atom stereocenters. The summed E-state index contributed by atoms with van der Waals surface area (Å²) in [6.45, 7) is 2.73. The lowest BCUT2D eigenvalue weighted by molar-refractivity contribution is 0.0242. The molecule has 6 heteroatoms. The van der Waals surface area contributed by atoms with Gasteiger partial charge in [-0.25, -0.2) is 8.42 Å². The molecule has 0 amide bonds. The van der Waals surface area contributed by atoms with Crippen LogP contribution in [0, 0.1) is 5.92 Å². The minimum atomic E-state index is -3.30. The Morgan fingerprint density at radius 1 is 1.29 bits per heavy atom. The number of benzene rings is 1. The molecule has 1 fully saturated rings. The van der Waals surface area contributed by atoms with Gasteiger partial charge in [-0.3, -0.25) is 0 Å². The molecule has 2 N–H and O–H groups in total. The van der Waals surface area contributed by atoms with Crippen LogP contribution in [0.2, 0.25) is 0 Å². The van der Waals surface area contributed by atoms with Gasteiger partial charge < -0.3 is 15.2 Å². The van der Waals surface area contributed by atoms with E-state index in [1.54, 1.807) is 18.2 Å². The van der Waals surface area contributed by atoms with Crippen molar-refractivity contribution in [3.63, 3.8) is 0 Å². The smallest absolute Gasteiger partial charge is 0.180 e.